The number of aryl methyl sites for hydroxylation is 1. The minimum atomic E-state index is -0.280. The maximum atomic E-state index is 12.0. The molecule has 0 radical (unpaired) electrons. The number of nitrogens with one attached hydrogen (secondary N) is 1. The highest BCUT2D eigenvalue weighted by atomic mass is 16.2. The van der Waals surface area contributed by atoms with Crippen molar-refractivity contribution >= 4 is 11.8 Å². The number of hydrogen-bond donors (Lipinski definition) is 1. The lowest BCUT2D eigenvalue weighted by atomic mass is 9.88. The van der Waals surface area contributed by atoms with Crippen LogP contribution in [-0.4, -0.2) is 11.8 Å². The smallest absolute Gasteiger partial charge is 0.259 e. The second-order valence-electron chi connectivity index (χ2n) is 5.34. The van der Waals surface area contributed by atoms with Crippen molar-refractivity contribution in [3.05, 3.63) is 70.3 Å². The molecule has 1 aliphatic carbocycles. The van der Waals surface area contributed by atoms with E-state index in [4.69, 9.17) is 0 Å². The van der Waals surface area contributed by atoms with E-state index < -0.39 is 0 Å². The molecule has 0 fully saturated rings. The van der Waals surface area contributed by atoms with E-state index in [-0.39, 0.29) is 17.7 Å². The second kappa shape index (κ2) is 4.04. The van der Waals surface area contributed by atoms with Crippen molar-refractivity contribution in [2.45, 2.75) is 18.8 Å². The van der Waals surface area contributed by atoms with Gasteiger partial charge in [-0.25, -0.2) is 0 Å². The zero-order chi connectivity index (χ0) is 13.7. The first-order valence-electron chi connectivity index (χ1n) is 6.82. The van der Waals surface area contributed by atoms with E-state index in [0.717, 1.165) is 18.4 Å². The van der Waals surface area contributed by atoms with Crippen LogP contribution >= 0.6 is 0 Å². The molecule has 1 heterocycles. The fraction of sp³-hybridized carbons (Fsp3) is 0.176. The molecular formula is C17H13NO2. The van der Waals surface area contributed by atoms with Crippen LogP contribution in [0.25, 0.3) is 0 Å². The summed E-state index contributed by atoms with van der Waals surface area (Å²) < 4.78 is 0. The Morgan fingerprint density at radius 1 is 0.900 bits per heavy atom. The molecule has 20 heavy (non-hydrogen) atoms. The standard InChI is InChI=1S/C17H13NO2/c19-16-14-7-3-6-13(15(14)17(20)18-16)12-9-8-10-4-1-2-5-11(10)12/h1-7,12H,8-9H2,(H,18,19,20). The van der Waals surface area contributed by atoms with Crippen molar-refractivity contribution in [1.82, 2.24) is 5.32 Å². The second-order valence-corrected chi connectivity index (χ2v) is 5.34. The number of benzene rings is 2. The topological polar surface area (TPSA) is 46.2 Å². The van der Waals surface area contributed by atoms with Gasteiger partial charge in [0.1, 0.15) is 0 Å². The Kier molecular flexibility index (Phi) is 2.30. The van der Waals surface area contributed by atoms with Crippen molar-refractivity contribution < 1.29 is 9.59 Å². The molecule has 0 bridgehead atoms. The number of amides is 2. The molecule has 1 aliphatic heterocycles. The van der Waals surface area contributed by atoms with Gasteiger partial charge in [-0.05, 0) is 35.6 Å². The van der Waals surface area contributed by atoms with E-state index in [1.54, 1.807) is 6.07 Å². The molecule has 1 N–H and O–H groups in total. The first kappa shape index (κ1) is 11.4. The largest absolute Gasteiger partial charge is 0.288 e. The van der Waals surface area contributed by atoms with Crippen LogP contribution in [0.4, 0.5) is 0 Å². The molecule has 0 saturated heterocycles. The predicted molar refractivity (Wildman–Crippen MR) is 74.8 cm³/mol. The lowest BCUT2D eigenvalue weighted by Gasteiger charge is -2.14. The van der Waals surface area contributed by atoms with Crippen LogP contribution in [0, 0.1) is 0 Å². The van der Waals surface area contributed by atoms with Crippen molar-refractivity contribution in [1.29, 1.82) is 0 Å². The van der Waals surface area contributed by atoms with Crippen LogP contribution in [-0.2, 0) is 6.42 Å². The Morgan fingerprint density at radius 2 is 1.70 bits per heavy atom. The number of carbonyl (C=O) groups excluding carboxylic acids is 2. The number of hydrogen-bond acceptors (Lipinski definition) is 2. The SMILES string of the molecule is O=C1NC(=O)c2c1cccc2C1CCc2ccccc21. The Labute approximate surface area is 116 Å². The lowest BCUT2D eigenvalue weighted by Crippen LogP contribution is -2.20. The van der Waals surface area contributed by atoms with Crippen molar-refractivity contribution in [2.24, 2.45) is 0 Å². The Balaban J connectivity index is 1.90. The molecule has 1 unspecified atom stereocenters. The van der Waals surface area contributed by atoms with Gasteiger partial charge in [0, 0.05) is 5.92 Å². The average molecular weight is 263 g/mol. The lowest BCUT2D eigenvalue weighted by molar-refractivity contribution is 0.0879. The Bertz CT molecular complexity index is 748. The monoisotopic (exact) mass is 263 g/mol. The quantitative estimate of drug-likeness (QED) is 0.804. The van der Waals surface area contributed by atoms with Gasteiger partial charge in [-0.1, -0.05) is 36.4 Å². The van der Waals surface area contributed by atoms with Gasteiger partial charge >= 0.3 is 0 Å². The van der Waals surface area contributed by atoms with Gasteiger partial charge in [0.25, 0.3) is 11.8 Å². The first-order valence-corrected chi connectivity index (χ1v) is 6.82. The number of imide groups is 1. The van der Waals surface area contributed by atoms with Gasteiger partial charge < -0.3 is 0 Å². The van der Waals surface area contributed by atoms with E-state index in [1.165, 1.54) is 11.1 Å². The van der Waals surface area contributed by atoms with Crippen LogP contribution in [0.3, 0.4) is 0 Å². The fourth-order valence-corrected chi connectivity index (χ4v) is 3.42. The molecule has 0 spiro atoms. The molecular weight excluding hydrogens is 250 g/mol. The van der Waals surface area contributed by atoms with Crippen LogP contribution < -0.4 is 5.32 Å². The van der Waals surface area contributed by atoms with E-state index >= 15 is 0 Å². The molecule has 2 amide bonds. The minimum absolute atomic E-state index is 0.220. The third-order valence-corrected chi connectivity index (χ3v) is 4.30. The van der Waals surface area contributed by atoms with Gasteiger partial charge in [-0.3, -0.25) is 14.9 Å². The predicted octanol–water partition coefficient (Wildman–Crippen LogP) is 2.65. The summed E-state index contributed by atoms with van der Waals surface area (Å²) in [7, 11) is 0. The molecule has 0 aromatic heterocycles. The van der Waals surface area contributed by atoms with Crippen LogP contribution in [0.1, 0.15) is 49.7 Å². The van der Waals surface area contributed by atoms with Crippen LogP contribution in [0.5, 0.6) is 0 Å². The van der Waals surface area contributed by atoms with Crippen LogP contribution in [0.15, 0.2) is 42.5 Å². The highest BCUT2D eigenvalue weighted by Gasteiger charge is 2.33. The summed E-state index contributed by atoms with van der Waals surface area (Å²) >= 11 is 0. The molecule has 2 aliphatic rings. The molecule has 4 rings (SSSR count). The zero-order valence-electron chi connectivity index (χ0n) is 10.8. The van der Waals surface area contributed by atoms with E-state index in [0.29, 0.717) is 11.1 Å². The summed E-state index contributed by atoms with van der Waals surface area (Å²) in [5.74, 6) is -0.319. The summed E-state index contributed by atoms with van der Waals surface area (Å²) in [5, 5.41) is 2.39. The molecule has 3 heteroatoms. The summed E-state index contributed by atoms with van der Waals surface area (Å²) in [6.07, 6.45) is 2.03. The fourth-order valence-electron chi connectivity index (χ4n) is 3.42. The van der Waals surface area contributed by atoms with Gasteiger partial charge in [0.2, 0.25) is 0 Å². The maximum absolute atomic E-state index is 12.0. The summed E-state index contributed by atoms with van der Waals surface area (Å²) in [4.78, 5) is 23.8. The maximum Gasteiger partial charge on any atom is 0.259 e. The first-order chi connectivity index (χ1) is 9.75. The van der Waals surface area contributed by atoms with Gasteiger partial charge in [0.05, 0.1) is 11.1 Å². The summed E-state index contributed by atoms with van der Waals surface area (Å²) in [6.45, 7) is 0. The van der Waals surface area contributed by atoms with E-state index in [1.807, 2.05) is 24.3 Å². The van der Waals surface area contributed by atoms with Gasteiger partial charge in [0.15, 0.2) is 0 Å². The van der Waals surface area contributed by atoms with Crippen molar-refractivity contribution in [2.75, 3.05) is 0 Å². The Hall–Kier alpha value is -2.42. The summed E-state index contributed by atoms with van der Waals surface area (Å²) in [6, 6.07) is 13.9. The normalized spacial score (nSPS) is 19.7. The summed E-state index contributed by atoms with van der Waals surface area (Å²) in [5.41, 5.74) is 4.69. The third-order valence-electron chi connectivity index (χ3n) is 4.30. The van der Waals surface area contributed by atoms with E-state index in [2.05, 4.69) is 17.4 Å². The highest BCUT2D eigenvalue weighted by molar-refractivity contribution is 6.22. The molecule has 3 nitrogen and oxygen atoms in total. The average Bonchev–Trinajstić information content (AvgIpc) is 3.01. The van der Waals surface area contributed by atoms with Crippen LogP contribution in [0.2, 0.25) is 0 Å². The Morgan fingerprint density at radius 3 is 2.60 bits per heavy atom. The van der Waals surface area contributed by atoms with E-state index in [9.17, 15) is 9.59 Å². The molecule has 1 atom stereocenters. The number of rotatable bonds is 1. The highest BCUT2D eigenvalue weighted by Crippen LogP contribution is 2.40. The van der Waals surface area contributed by atoms with Crippen molar-refractivity contribution in [3.8, 4) is 0 Å². The zero-order valence-corrected chi connectivity index (χ0v) is 10.8. The van der Waals surface area contributed by atoms with Gasteiger partial charge in [-0.15, -0.1) is 0 Å². The molecule has 2 aromatic rings. The molecule has 98 valence electrons. The minimum Gasteiger partial charge on any atom is -0.288 e. The molecule has 2 aromatic carbocycles. The third kappa shape index (κ3) is 1.46. The molecule has 0 saturated carbocycles. The number of fused-ring (bicyclic) bond motifs is 2. The van der Waals surface area contributed by atoms with Crippen molar-refractivity contribution in [3.63, 3.8) is 0 Å². The number of carbonyl (C=O) groups is 2. The van der Waals surface area contributed by atoms with Gasteiger partial charge in [-0.2, -0.15) is 0 Å².